The van der Waals surface area contributed by atoms with E-state index in [1.807, 2.05) is 6.07 Å². The van der Waals surface area contributed by atoms with Crippen molar-refractivity contribution in [2.75, 3.05) is 0 Å². The van der Waals surface area contributed by atoms with Gasteiger partial charge in [0, 0.05) is 12.3 Å². The smallest absolute Gasteiger partial charge is 0.272 e. The molecule has 0 unspecified atom stereocenters. The third-order valence-electron chi connectivity index (χ3n) is 2.31. The first kappa shape index (κ1) is 13.7. The van der Waals surface area contributed by atoms with E-state index < -0.39 is 16.4 Å². The van der Waals surface area contributed by atoms with Crippen LogP contribution in [0.3, 0.4) is 0 Å². The summed E-state index contributed by atoms with van der Waals surface area (Å²) in [4.78, 5) is 13.5. The van der Waals surface area contributed by atoms with E-state index in [4.69, 9.17) is 21.6 Å². The van der Waals surface area contributed by atoms with Crippen molar-refractivity contribution in [2.45, 2.75) is 0 Å². The standard InChI is InChI=1S/C12H5ClFN3O3/c13-11-7(6-15)3-4-16-12(11)20-10-2-1-8(17(18)19)5-9(10)14/h1-5H. The lowest BCUT2D eigenvalue weighted by molar-refractivity contribution is -0.385. The lowest BCUT2D eigenvalue weighted by Crippen LogP contribution is -1.95. The molecule has 0 aliphatic rings. The summed E-state index contributed by atoms with van der Waals surface area (Å²) in [5, 5.41) is 19.2. The van der Waals surface area contributed by atoms with Crippen LogP contribution in [0.2, 0.25) is 5.02 Å². The molecule has 0 aliphatic heterocycles. The summed E-state index contributed by atoms with van der Waals surface area (Å²) < 4.78 is 18.8. The van der Waals surface area contributed by atoms with Gasteiger partial charge in [-0.1, -0.05) is 11.6 Å². The largest absolute Gasteiger partial charge is 0.434 e. The number of ether oxygens (including phenoxy) is 1. The molecule has 1 heterocycles. The first-order chi connectivity index (χ1) is 9.52. The van der Waals surface area contributed by atoms with Crippen molar-refractivity contribution in [3.63, 3.8) is 0 Å². The van der Waals surface area contributed by atoms with Crippen LogP contribution in [0.15, 0.2) is 30.5 Å². The second-order valence-corrected chi connectivity index (χ2v) is 3.94. The highest BCUT2D eigenvalue weighted by atomic mass is 35.5. The van der Waals surface area contributed by atoms with E-state index in [9.17, 15) is 14.5 Å². The average molecular weight is 294 g/mol. The topological polar surface area (TPSA) is 89.0 Å². The van der Waals surface area contributed by atoms with Crippen molar-refractivity contribution in [3.05, 3.63) is 57.0 Å². The SMILES string of the molecule is N#Cc1ccnc(Oc2ccc([N+](=O)[O-])cc2F)c1Cl. The van der Waals surface area contributed by atoms with Crippen LogP contribution >= 0.6 is 11.6 Å². The van der Waals surface area contributed by atoms with E-state index in [1.165, 1.54) is 12.3 Å². The lowest BCUT2D eigenvalue weighted by Gasteiger charge is -2.07. The molecule has 0 saturated carbocycles. The Kier molecular flexibility index (Phi) is 3.77. The van der Waals surface area contributed by atoms with Crippen molar-refractivity contribution < 1.29 is 14.1 Å². The maximum Gasteiger partial charge on any atom is 0.272 e. The lowest BCUT2D eigenvalue weighted by atomic mass is 10.3. The van der Waals surface area contributed by atoms with Gasteiger partial charge in [0.1, 0.15) is 11.1 Å². The van der Waals surface area contributed by atoms with Crippen molar-refractivity contribution in [1.82, 2.24) is 4.98 Å². The van der Waals surface area contributed by atoms with Crippen molar-refractivity contribution >= 4 is 17.3 Å². The van der Waals surface area contributed by atoms with Gasteiger partial charge in [-0.2, -0.15) is 5.26 Å². The molecule has 0 amide bonds. The first-order valence-electron chi connectivity index (χ1n) is 5.19. The van der Waals surface area contributed by atoms with Gasteiger partial charge < -0.3 is 4.74 Å². The fraction of sp³-hybridized carbons (Fsp3) is 0. The molecule has 6 nitrogen and oxygen atoms in total. The molecule has 1 aromatic carbocycles. The number of rotatable bonds is 3. The molecule has 2 rings (SSSR count). The fourth-order valence-corrected chi connectivity index (χ4v) is 1.56. The Balaban J connectivity index is 2.36. The van der Waals surface area contributed by atoms with E-state index in [0.29, 0.717) is 0 Å². The molecule has 0 saturated heterocycles. The molecule has 0 spiro atoms. The molecule has 2 aromatic rings. The molecule has 0 aliphatic carbocycles. The minimum atomic E-state index is -0.931. The van der Waals surface area contributed by atoms with Gasteiger partial charge in [-0.25, -0.2) is 9.37 Å². The molecular formula is C12H5ClFN3O3. The number of aromatic nitrogens is 1. The predicted octanol–water partition coefficient (Wildman–Crippen LogP) is 3.45. The Morgan fingerprint density at radius 1 is 1.45 bits per heavy atom. The normalized spacial score (nSPS) is 9.85. The van der Waals surface area contributed by atoms with Gasteiger partial charge in [0.05, 0.1) is 16.6 Å². The second-order valence-electron chi connectivity index (χ2n) is 3.56. The van der Waals surface area contributed by atoms with Crippen molar-refractivity contribution in [1.29, 1.82) is 5.26 Å². The number of nitro benzene ring substituents is 1. The number of nitriles is 1. The summed E-state index contributed by atoms with van der Waals surface area (Å²) >= 11 is 5.85. The summed E-state index contributed by atoms with van der Waals surface area (Å²) in [6, 6.07) is 6.09. The zero-order valence-electron chi connectivity index (χ0n) is 9.71. The van der Waals surface area contributed by atoms with Crippen LogP contribution in [-0.2, 0) is 0 Å². The van der Waals surface area contributed by atoms with Crippen LogP contribution in [0.1, 0.15) is 5.56 Å². The highest BCUT2D eigenvalue weighted by Crippen LogP contribution is 2.31. The zero-order chi connectivity index (χ0) is 14.7. The van der Waals surface area contributed by atoms with Gasteiger partial charge in [0.2, 0.25) is 5.88 Å². The molecule has 1 aromatic heterocycles. The molecule has 0 atom stereocenters. The van der Waals surface area contributed by atoms with Crippen LogP contribution in [0.4, 0.5) is 10.1 Å². The van der Waals surface area contributed by atoms with Crippen LogP contribution < -0.4 is 4.74 Å². The predicted molar refractivity (Wildman–Crippen MR) is 67.1 cm³/mol. The summed E-state index contributed by atoms with van der Waals surface area (Å²) in [6.07, 6.45) is 1.28. The minimum absolute atomic E-state index is 0.0623. The van der Waals surface area contributed by atoms with Gasteiger partial charge in [0.25, 0.3) is 5.69 Å². The third-order valence-corrected chi connectivity index (χ3v) is 2.68. The summed E-state index contributed by atoms with van der Waals surface area (Å²) in [7, 11) is 0. The average Bonchev–Trinajstić information content (AvgIpc) is 2.43. The van der Waals surface area contributed by atoms with Gasteiger partial charge in [-0.3, -0.25) is 10.1 Å². The van der Waals surface area contributed by atoms with E-state index in [-0.39, 0.29) is 22.2 Å². The highest BCUT2D eigenvalue weighted by molar-refractivity contribution is 6.33. The third kappa shape index (κ3) is 2.65. The number of hydrogen-bond donors (Lipinski definition) is 0. The fourth-order valence-electron chi connectivity index (χ4n) is 1.37. The number of benzene rings is 1. The Morgan fingerprint density at radius 3 is 2.80 bits per heavy atom. The molecule has 0 N–H and O–H groups in total. The number of non-ortho nitro benzene ring substituents is 1. The number of halogens is 2. The van der Waals surface area contributed by atoms with Crippen molar-refractivity contribution in [3.8, 4) is 17.7 Å². The van der Waals surface area contributed by atoms with Gasteiger partial charge >= 0.3 is 0 Å². The molecule has 0 radical (unpaired) electrons. The van der Waals surface area contributed by atoms with Crippen LogP contribution in [-0.4, -0.2) is 9.91 Å². The number of pyridine rings is 1. The maximum absolute atomic E-state index is 13.6. The zero-order valence-corrected chi connectivity index (χ0v) is 10.5. The molecule has 0 fully saturated rings. The first-order valence-corrected chi connectivity index (χ1v) is 5.57. The van der Waals surface area contributed by atoms with Crippen LogP contribution in [0, 0.1) is 27.3 Å². The monoisotopic (exact) mass is 293 g/mol. The molecular weight excluding hydrogens is 289 g/mol. The summed E-state index contributed by atoms with van der Waals surface area (Å²) in [6.45, 7) is 0. The van der Waals surface area contributed by atoms with E-state index >= 15 is 0 Å². The van der Waals surface area contributed by atoms with Gasteiger partial charge in [-0.15, -0.1) is 0 Å². The molecule has 100 valence electrons. The Hall–Kier alpha value is -2.72. The quantitative estimate of drug-likeness (QED) is 0.638. The van der Waals surface area contributed by atoms with E-state index in [0.717, 1.165) is 18.2 Å². The number of nitrogens with zero attached hydrogens (tertiary/aromatic N) is 3. The Bertz CT molecular complexity index is 730. The van der Waals surface area contributed by atoms with Crippen LogP contribution in [0.5, 0.6) is 11.6 Å². The van der Waals surface area contributed by atoms with Crippen molar-refractivity contribution in [2.24, 2.45) is 0 Å². The van der Waals surface area contributed by atoms with E-state index in [1.54, 1.807) is 0 Å². The second kappa shape index (κ2) is 5.50. The van der Waals surface area contributed by atoms with E-state index in [2.05, 4.69) is 4.98 Å². The van der Waals surface area contributed by atoms with Gasteiger partial charge in [0.15, 0.2) is 11.6 Å². The summed E-state index contributed by atoms with van der Waals surface area (Å²) in [5.41, 5.74) is -0.279. The Morgan fingerprint density at radius 2 is 2.20 bits per heavy atom. The number of nitro groups is 1. The minimum Gasteiger partial charge on any atom is -0.434 e. The summed E-state index contributed by atoms with van der Waals surface area (Å²) in [5.74, 6) is -1.36. The maximum atomic E-state index is 13.6. The molecule has 20 heavy (non-hydrogen) atoms. The highest BCUT2D eigenvalue weighted by Gasteiger charge is 2.15. The molecule has 8 heteroatoms. The Labute approximate surface area is 117 Å². The van der Waals surface area contributed by atoms with Crippen LogP contribution in [0.25, 0.3) is 0 Å². The van der Waals surface area contributed by atoms with Gasteiger partial charge in [-0.05, 0) is 12.1 Å². The molecule has 0 bridgehead atoms. The number of hydrogen-bond acceptors (Lipinski definition) is 5.